The lowest BCUT2D eigenvalue weighted by molar-refractivity contribution is 0.824. The van der Waals surface area contributed by atoms with Crippen LogP contribution in [0.15, 0.2) is 60.8 Å². The van der Waals surface area contributed by atoms with Crippen molar-refractivity contribution >= 4 is 17.0 Å². The van der Waals surface area contributed by atoms with Crippen molar-refractivity contribution < 1.29 is 0 Å². The normalized spacial score (nSPS) is 11.0. The van der Waals surface area contributed by atoms with E-state index in [2.05, 4.69) is 17.3 Å². The molecule has 0 saturated heterocycles. The number of nitrogens with zero attached hydrogens (tertiary/aromatic N) is 4. The van der Waals surface area contributed by atoms with Crippen LogP contribution in [0.1, 0.15) is 13.3 Å². The molecule has 0 amide bonds. The Balaban J connectivity index is 1.91. The minimum absolute atomic E-state index is 0.450. The fourth-order valence-electron chi connectivity index (χ4n) is 2.89. The second kappa shape index (κ2) is 6.84. The van der Waals surface area contributed by atoms with E-state index in [4.69, 9.17) is 15.7 Å². The third-order valence-electron chi connectivity index (χ3n) is 4.17. The van der Waals surface area contributed by atoms with Crippen molar-refractivity contribution in [2.45, 2.75) is 13.3 Å². The van der Waals surface area contributed by atoms with Crippen LogP contribution in [0.3, 0.4) is 0 Å². The Morgan fingerprint density at radius 3 is 2.62 bits per heavy atom. The predicted molar refractivity (Wildman–Crippen MR) is 105 cm³/mol. The molecule has 1 aromatic carbocycles. The highest BCUT2D eigenvalue weighted by atomic mass is 15.4. The zero-order valence-electron chi connectivity index (χ0n) is 14.6. The Labute approximate surface area is 151 Å². The summed E-state index contributed by atoms with van der Waals surface area (Å²) in [5.41, 5.74) is 13.8. The highest BCUT2D eigenvalue weighted by molar-refractivity contribution is 5.82. The molecule has 3 N–H and O–H groups in total. The van der Waals surface area contributed by atoms with Crippen molar-refractivity contribution in [2.24, 2.45) is 0 Å². The lowest BCUT2D eigenvalue weighted by Gasteiger charge is -2.12. The molecule has 3 heterocycles. The van der Waals surface area contributed by atoms with E-state index in [1.807, 2.05) is 59.3 Å². The van der Waals surface area contributed by atoms with E-state index in [1.165, 1.54) is 0 Å². The molecule has 0 fully saturated rings. The van der Waals surface area contributed by atoms with E-state index >= 15 is 0 Å². The summed E-state index contributed by atoms with van der Waals surface area (Å²) in [6, 6.07) is 17.9. The molecule has 4 aromatic rings. The summed E-state index contributed by atoms with van der Waals surface area (Å²) in [5.74, 6) is 1.17. The maximum atomic E-state index is 6.08. The van der Waals surface area contributed by atoms with Crippen molar-refractivity contribution in [1.29, 1.82) is 0 Å². The number of rotatable bonds is 5. The number of anilines is 1. The molecule has 6 heteroatoms. The minimum Gasteiger partial charge on any atom is -0.383 e. The van der Waals surface area contributed by atoms with Gasteiger partial charge in [-0.2, -0.15) is 0 Å². The summed E-state index contributed by atoms with van der Waals surface area (Å²) in [6.07, 6.45) is 2.66. The van der Waals surface area contributed by atoms with Gasteiger partial charge in [-0.25, -0.2) is 19.6 Å². The van der Waals surface area contributed by atoms with Gasteiger partial charge >= 0.3 is 0 Å². The van der Waals surface area contributed by atoms with Crippen LogP contribution in [0, 0.1) is 0 Å². The van der Waals surface area contributed by atoms with Gasteiger partial charge in [-0.05, 0) is 30.7 Å². The molecule has 0 spiro atoms. The van der Waals surface area contributed by atoms with Gasteiger partial charge in [-0.3, -0.25) is 0 Å². The van der Waals surface area contributed by atoms with Crippen LogP contribution in [0.5, 0.6) is 0 Å². The van der Waals surface area contributed by atoms with Gasteiger partial charge in [-0.15, -0.1) is 0 Å². The van der Waals surface area contributed by atoms with Crippen molar-refractivity contribution in [1.82, 2.24) is 19.6 Å². The van der Waals surface area contributed by atoms with E-state index in [0.717, 1.165) is 46.8 Å². The molecule has 0 aliphatic heterocycles. The van der Waals surface area contributed by atoms with E-state index in [1.54, 1.807) is 6.20 Å². The molecule has 0 bridgehead atoms. The van der Waals surface area contributed by atoms with E-state index in [-0.39, 0.29) is 0 Å². The van der Waals surface area contributed by atoms with E-state index in [0.29, 0.717) is 5.82 Å². The molecule has 0 unspecified atom stereocenters. The molecule has 0 radical (unpaired) electrons. The Morgan fingerprint density at radius 2 is 1.85 bits per heavy atom. The average molecular weight is 344 g/mol. The summed E-state index contributed by atoms with van der Waals surface area (Å²) >= 11 is 0. The van der Waals surface area contributed by atoms with Gasteiger partial charge in [0.15, 0.2) is 11.5 Å². The molecule has 4 rings (SSSR count). The number of nitrogen functional groups attached to an aromatic ring is 1. The molecule has 3 aromatic heterocycles. The smallest absolute Gasteiger partial charge is 0.179 e. The summed E-state index contributed by atoms with van der Waals surface area (Å²) in [7, 11) is 0. The summed E-state index contributed by atoms with van der Waals surface area (Å²) in [4.78, 5) is 13.8. The van der Waals surface area contributed by atoms with Crippen molar-refractivity contribution in [3.63, 3.8) is 0 Å². The van der Waals surface area contributed by atoms with Gasteiger partial charge in [0.2, 0.25) is 0 Å². The van der Waals surface area contributed by atoms with Gasteiger partial charge in [0.05, 0.1) is 11.3 Å². The second-order valence-electron chi connectivity index (χ2n) is 6.02. The van der Waals surface area contributed by atoms with Crippen LogP contribution in [0.4, 0.5) is 5.82 Å². The summed E-state index contributed by atoms with van der Waals surface area (Å²) < 4.78 is 1.92. The Hall–Kier alpha value is -3.41. The first-order valence-corrected chi connectivity index (χ1v) is 8.67. The molecule has 0 saturated carbocycles. The standard InChI is InChI=1S/C20H20N6/c1-2-12-23-26-19(15-9-6-13-22-18(15)21)25-17-11-10-16(24-20(17)26)14-7-4-3-5-8-14/h3-11,13,23H,2,12H2,1H3,(H2,21,22). The predicted octanol–water partition coefficient (Wildman–Crippen LogP) is 3.70. The Kier molecular flexibility index (Phi) is 4.23. The number of aromatic nitrogens is 4. The fraction of sp³-hybridized carbons (Fsp3) is 0.150. The zero-order valence-corrected chi connectivity index (χ0v) is 14.6. The number of nitrogens with one attached hydrogen (secondary N) is 1. The first kappa shape index (κ1) is 16.1. The third-order valence-corrected chi connectivity index (χ3v) is 4.17. The molecule has 0 aliphatic carbocycles. The van der Waals surface area contributed by atoms with Gasteiger partial charge < -0.3 is 11.2 Å². The fourth-order valence-corrected chi connectivity index (χ4v) is 2.89. The molecular weight excluding hydrogens is 324 g/mol. The largest absolute Gasteiger partial charge is 0.383 e. The Morgan fingerprint density at radius 1 is 1.00 bits per heavy atom. The maximum absolute atomic E-state index is 6.08. The van der Waals surface area contributed by atoms with Crippen LogP contribution in [-0.2, 0) is 0 Å². The topological polar surface area (TPSA) is 81.7 Å². The van der Waals surface area contributed by atoms with Gasteiger partial charge in [-0.1, -0.05) is 37.3 Å². The number of imidazole rings is 1. The van der Waals surface area contributed by atoms with Crippen LogP contribution < -0.4 is 11.2 Å². The minimum atomic E-state index is 0.450. The average Bonchev–Trinajstić information content (AvgIpc) is 3.05. The molecule has 0 aliphatic rings. The molecule has 130 valence electrons. The van der Waals surface area contributed by atoms with Crippen LogP contribution in [0.2, 0.25) is 0 Å². The first-order chi connectivity index (χ1) is 12.8. The van der Waals surface area contributed by atoms with Crippen LogP contribution >= 0.6 is 0 Å². The number of hydrogen-bond acceptors (Lipinski definition) is 5. The molecule has 26 heavy (non-hydrogen) atoms. The van der Waals surface area contributed by atoms with E-state index < -0.39 is 0 Å². The lowest BCUT2D eigenvalue weighted by atomic mass is 10.1. The number of nitrogens with two attached hydrogens (primary N) is 1. The monoisotopic (exact) mass is 344 g/mol. The van der Waals surface area contributed by atoms with Crippen molar-refractivity contribution in [3.8, 4) is 22.6 Å². The third kappa shape index (κ3) is 2.86. The van der Waals surface area contributed by atoms with Crippen molar-refractivity contribution in [2.75, 3.05) is 17.7 Å². The van der Waals surface area contributed by atoms with Gasteiger partial charge in [0, 0.05) is 18.3 Å². The quantitative estimate of drug-likeness (QED) is 0.577. The van der Waals surface area contributed by atoms with Crippen LogP contribution in [0.25, 0.3) is 33.8 Å². The van der Waals surface area contributed by atoms with Gasteiger partial charge in [0.1, 0.15) is 11.3 Å². The van der Waals surface area contributed by atoms with Gasteiger partial charge in [0.25, 0.3) is 0 Å². The number of hydrogen-bond donors (Lipinski definition) is 2. The van der Waals surface area contributed by atoms with Crippen molar-refractivity contribution in [3.05, 3.63) is 60.8 Å². The molecular formula is C20H20N6. The molecule has 6 nitrogen and oxygen atoms in total. The highest BCUT2D eigenvalue weighted by Crippen LogP contribution is 2.27. The molecule has 0 atom stereocenters. The number of fused-ring (bicyclic) bond motifs is 1. The number of pyridine rings is 2. The zero-order chi connectivity index (χ0) is 17.9. The Bertz CT molecular complexity index is 1040. The lowest BCUT2D eigenvalue weighted by Crippen LogP contribution is -2.17. The maximum Gasteiger partial charge on any atom is 0.179 e. The van der Waals surface area contributed by atoms with Crippen LogP contribution in [-0.4, -0.2) is 26.2 Å². The summed E-state index contributed by atoms with van der Waals surface area (Å²) in [5, 5.41) is 0. The highest BCUT2D eigenvalue weighted by Gasteiger charge is 2.17. The SMILES string of the molecule is CCCNn1c(-c2cccnc2N)nc2ccc(-c3ccccc3)nc21. The first-order valence-electron chi connectivity index (χ1n) is 8.67. The second-order valence-corrected chi connectivity index (χ2v) is 6.02. The summed E-state index contributed by atoms with van der Waals surface area (Å²) in [6.45, 7) is 2.92. The number of benzene rings is 1. The van der Waals surface area contributed by atoms with E-state index in [9.17, 15) is 0 Å².